The number of fused-ring (bicyclic) bond motifs is 1. The van der Waals surface area contributed by atoms with Gasteiger partial charge < -0.3 is 21.1 Å². The Morgan fingerprint density at radius 1 is 1.14 bits per heavy atom. The fraction of sp³-hybridized carbons (Fsp3) is 0.263. The number of hydrogen-bond donors (Lipinski definition) is 7. The molecule has 0 unspecified atom stereocenters. The number of rotatable bonds is 7. The highest BCUT2D eigenvalue weighted by Gasteiger charge is 2.40. The van der Waals surface area contributed by atoms with Gasteiger partial charge in [0.05, 0.1) is 28.7 Å². The number of nitrogens with zero attached hydrogens (tertiary/aromatic N) is 4. The molecule has 9 N–H and O–H groups in total. The third kappa shape index (κ3) is 4.10. The Morgan fingerprint density at radius 2 is 1.94 bits per heavy atom. The first-order valence-corrected chi connectivity index (χ1v) is 13.6. The summed E-state index contributed by atoms with van der Waals surface area (Å²) < 4.78 is 55.4. The Labute approximate surface area is 204 Å². The van der Waals surface area contributed by atoms with Crippen molar-refractivity contribution in [3.63, 3.8) is 0 Å². The summed E-state index contributed by atoms with van der Waals surface area (Å²) in [4.78, 5) is 5.82. The molecule has 1 saturated heterocycles. The summed E-state index contributed by atoms with van der Waals surface area (Å²) in [7, 11) is -9.20. The van der Waals surface area contributed by atoms with Crippen molar-refractivity contribution in [2.75, 3.05) is 25.4 Å². The molecule has 1 fully saturated rings. The molecule has 17 heteroatoms. The highest BCUT2D eigenvalue weighted by atomic mass is 32.2. The number of aliphatic hydroxyl groups is 1. The van der Waals surface area contributed by atoms with Crippen molar-refractivity contribution >= 4 is 37.0 Å². The Morgan fingerprint density at radius 3 is 2.58 bits per heavy atom. The number of anilines is 1. The number of benzene rings is 2. The summed E-state index contributed by atoms with van der Waals surface area (Å²) in [5, 5.41) is 32.0. The first kappa shape index (κ1) is 24.2. The van der Waals surface area contributed by atoms with Gasteiger partial charge in [0, 0.05) is 12.1 Å². The Balaban J connectivity index is 1.82. The zero-order valence-electron chi connectivity index (χ0n) is 18.6. The lowest BCUT2D eigenvalue weighted by Crippen LogP contribution is -2.53. The average Bonchev–Trinajstić information content (AvgIpc) is 3.58. The molecule has 5 rings (SSSR count). The molecule has 1 aliphatic heterocycles. The van der Waals surface area contributed by atoms with Crippen LogP contribution in [0.2, 0.25) is 0 Å². The third-order valence-electron chi connectivity index (χ3n) is 5.98. The Bertz CT molecular complexity index is 1660. The van der Waals surface area contributed by atoms with Crippen LogP contribution >= 0.6 is 0 Å². The molecular formula is C19H22N10O5S2. The average molecular weight is 535 g/mol. The van der Waals surface area contributed by atoms with E-state index >= 15 is 0 Å². The summed E-state index contributed by atoms with van der Waals surface area (Å²) in [6.07, 6.45) is 0.297. The van der Waals surface area contributed by atoms with E-state index in [1.54, 1.807) is 18.2 Å². The molecule has 0 saturated carbocycles. The standard InChI is InChI=1S/C19H22N10O5S2/c20-18-23-12-3-1-2-11(15(12)24-18)10-4-5-13(36(33,34)27-19(9-30)6-7-22-8-19)16(35(21,31)32)14(10)17-25-28-29-26-17/h1-5,22,27,30H,6-9H2,(H3,20,23,24)(H2,21,31,32)(H,25,26,28,29)/t19-/m1/s1. The molecule has 2 aromatic carbocycles. The van der Waals surface area contributed by atoms with Gasteiger partial charge >= 0.3 is 0 Å². The van der Waals surface area contributed by atoms with Gasteiger partial charge in [-0.25, -0.2) is 31.7 Å². The van der Waals surface area contributed by atoms with Gasteiger partial charge in [0.1, 0.15) is 9.79 Å². The number of nitrogens with two attached hydrogens (primary N) is 2. The molecule has 0 aliphatic carbocycles. The van der Waals surface area contributed by atoms with E-state index < -0.39 is 42.0 Å². The van der Waals surface area contributed by atoms with Crippen molar-refractivity contribution in [1.82, 2.24) is 40.6 Å². The topological polar surface area (TPSA) is 248 Å². The fourth-order valence-electron chi connectivity index (χ4n) is 4.38. The maximum Gasteiger partial charge on any atom is 0.242 e. The summed E-state index contributed by atoms with van der Waals surface area (Å²) in [5.41, 5.74) is 6.05. The van der Waals surface area contributed by atoms with Crippen LogP contribution in [-0.2, 0) is 20.0 Å². The molecule has 0 spiro atoms. The van der Waals surface area contributed by atoms with E-state index in [0.717, 1.165) is 6.07 Å². The minimum atomic E-state index is -4.68. The van der Waals surface area contributed by atoms with Crippen LogP contribution < -0.4 is 20.9 Å². The number of aromatic nitrogens is 6. The highest BCUT2D eigenvalue weighted by Crippen LogP contribution is 2.41. The Kier molecular flexibility index (Phi) is 5.77. The summed E-state index contributed by atoms with van der Waals surface area (Å²) in [5.74, 6) is -0.0703. The molecule has 15 nitrogen and oxygen atoms in total. The quantitative estimate of drug-likeness (QED) is 0.146. The van der Waals surface area contributed by atoms with E-state index in [4.69, 9.17) is 10.9 Å². The van der Waals surface area contributed by atoms with Crippen LogP contribution in [0.15, 0.2) is 40.1 Å². The smallest absolute Gasteiger partial charge is 0.242 e. The molecule has 190 valence electrons. The lowest BCUT2D eigenvalue weighted by Gasteiger charge is -2.27. The predicted molar refractivity (Wildman–Crippen MR) is 128 cm³/mol. The number of aromatic amines is 2. The van der Waals surface area contributed by atoms with E-state index in [2.05, 4.69) is 40.6 Å². The third-order valence-corrected chi connectivity index (χ3v) is 8.73. The molecule has 2 aromatic heterocycles. The summed E-state index contributed by atoms with van der Waals surface area (Å²) >= 11 is 0. The molecule has 0 amide bonds. The van der Waals surface area contributed by atoms with E-state index in [1.165, 1.54) is 6.07 Å². The van der Waals surface area contributed by atoms with Gasteiger partial charge in [0.15, 0.2) is 5.95 Å². The Hall–Kier alpha value is -3.48. The first-order chi connectivity index (χ1) is 17.0. The zero-order chi connectivity index (χ0) is 25.7. The minimum Gasteiger partial charge on any atom is -0.394 e. The molecule has 0 bridgehead atoms. The van der Waals surface area contributed by atoms with Gasteiger partial charge in [-0.2, -0.15) is 5.21 Å². The lowest BCUT2D eigenvalue weighted by molar-refractivity contribution is 0.195. The second-order valence-electron chi connectivity index (χ2n) is 8.39. The van der Waals surface area contributed by atoms with E-state index in [9.17, 15) is 21.9 Å². The van der Waals surface area contributed by atoms with E-state index in [0.29, 0.717) is 29.6 Å². The lowest BCUT2D eigenvalue weighted by atomic mass is 9.98. The molecular weight excluding hydrogens is 512 g/mol. The molecule has 1 aliphatic rings. The van der Waals surface area contributed by atoms with Crippen LogP contribution in [0.4, 0.5) is 5.95 Å². The van der Waals surface area contributed by atoms with Crippen LogP contribution in [0, 0.1) is 0 Å². The fourth-order valence-corrected chi connectivity index (χ4v) is 7.40. The molecule has 36 heavy (non-hydrogen) atoms. The number of H-pyrrole nitrogens is 2. The number of nitrogens with one attached hydrogen (secondary N) is 4. The number of hydrogen-bond acceptors (Lipinski definition) is 11. The van der Waals surface area contributed by atoms with E-state index in [-0.39, 0.29) is 29.4 Å². The molecule has 4 aromatic rings. The van der Waals surface area contributed by atoms with Gasteiger partial charge in [-0.15, -0.1) is 10.2 Å². The first-order valence-electron chi connectivity index (χ1n) is 10.6. The molecule has 0 radical (unpaired) electrons. The maximum atomic E-state index is 13.5. The second kappa shape index (κ2) is 8.57. The number of sulfonamides is 2. The van der Waals surface area contributed by atoms with Crippen molar-refractivity contribution in [2.45, 2.75) is 21.8 Å². The maximum absolute atomic E-state index is 13.5. The molecule has 3 heterocycles. The van der Waals surface area contributed by atoms with Crippen LogP contribution in [-0.4, -0.2) is 77.8 Å². The second-order valence-corrected chi connectivity index (χ2v) is 11.5. The van der Waals surface area contributed by atoms with Crippen LogP contribution in [0.5, 0.6) is 0 Å². The SMILES string of the molecule is Nc1nc2c(-c3ccc(S(=O)(=O)N[C@]4(CO)CCNC4)c(S(N)(=O)=O)c3-c3nn[nH]n3)cccc2[nH]1. The number of nitrogen functional groups attached to an aromatic ring is 1. The van der Waals surface area contributed by atoms with Gasteiger partial charge in [0.2, 0.25) is 25.9 Å². The predicted octanol–water partition coefficient (Wildman–Crippen LogP) is -1.36. The summed E-state index contributed by atoms with van der Waals surface area (Å²) in [6, 6.07) is 7.61. The van der Waals surface area contributed by atoms with Crippen molar-refractivity contribution in [3.8, 4) is 22.5 Å². The van der Waals surface area contributed by atoms with Crippen molar-refractivity contribution in [3.05, 3.63) is 30.3 Å². The van der Waals surface area contributed by atoms with Crippen molar-refractivity contribution < 1.29 is 21.9 Å². The minimum absolute atomic E-state index is 0.133. The van der Waals surface area contributed by atoms with Crippen LogP contribution in [0.3, 0.4) is 0 Å². The van der Waals surface area contributed by atoms with Gasteiger partial charge in [-0.05, 0) is 35.9 Å². The number of primary sulfonamides is 1. The monoisotopic (exact) mass is 534 g/mol. The number of tetrazole rings is 1. The van der Waals surface area contributed by atoms with Crippen molar-refractivity contribution in [1.29, 1.82) is 0 Å². The zero-order valence-corrected chi connectivity index (χ0v) is 20.2. The normalized spacial score (nSPS) is 18.7. The van der Waals surface area contributed by atoms with Gasteiger partial charge in [0.25, 0.3) is 0 Å². The highest BCUT2D eigenvalue weighted by molar-refractivity contribution is 7.92. The van der Waals surface area contributed by atoms with Crippen LogP contribution in [0.25, 0.3) is 33.5 Å². The van der Waals surface area contributed by atoms with Gasteiger partial charge in [-0.1, -0.05) is 18.2 Å². The number of para-hydroxylation sites is 1. The van der Waals surface area contributed by atoms with Crippen molar-refractivity contribution in [2.24, 2.45) is 5.14 Å². The number of aliphatic hydroxyl groups excluding tert-OH is 1. The summed E-state index contributed by atoms with van der Waals surface area (Å²) in [6.45, 7) is 0.128. The largest absolute Gasteiger partial charge is 0.394 e. The number of imidazole rings is 1. The van der Waals surface area contributed by atoms with Gasteiger partial charge in [-0.3, -0.25) is 0 Å². The van der Waals surface area contributed by atoms with E-state index in [1.807, 2.05) is 0 Å². The molecule has 1 atom stereocenters. The van der Waals surface area contributed by atoms with Crippen LogP contribution in [0.1, 0.15) is 6.42 Å².